The number of rotatable bonds is 6. The van der Waals surface area contributed by atoms with Gasteiger partial charge in [-0.1, -0.05) is 0 Å². The van der Waals surface area contributed by atoms with Gasteiger partial charge in [-0.3, -0.25) is 0 Å². The molecule has 104 valence electrons. The minimum atomic E-state index is 0.326. The van der Waals surface area contributed by atoms with Crippen molar-refractivity contribution in [1.29, 1.82) is 0 Å². The first-order chi connectivity index (χ1) is 8.34. The van der Waals surface area contributed by atoms with Crippen molar-refractivity contribution in [1.82, 2.24) is 14.7 Å². The van der Waals surface area contributed by atoms with Gasteiger partial charge in [0.25, 0.3) is 0 Å². The molecule has 2 N–H and O–H groups in total. The zero-order valence-electron chi connectivity index (χ0n) is 12.6. The molecule has 0 bridgehead atoms. The molecule has 0 unspecified atom stereocenters. The summed E-state index contributed by atoms with van der Waals surface area (Å²) in [5.74, 6) is 1.04. The minimum Gasteiger partial charge on any atom is -0.394 e. The van der Waals surface area contributed by atoms with Gasteiger partial charge in [0.2, 0.25) is 0 Å². The second-order valence-electron chi connectivity index (χ2n) is 5.44. The van der Waals surface area contributed by atoms with E-state index < -0.39 is 0 Å². The van der Waals surface area contributed by atoms with Gasteiger partial charge in [0.15, 0.2) is 5.82 Å². The van der Waals surface area contributed by atoms with Crippen LogP contribution in [0.15, 0.2) is 0 Å². The van der Waals surface area contributed by atoms with Gasteiger partial charge >= 0.3 is 0 Å². The number of aryl methyl sites for hydroxylation is 1. The third-order valence-corrected chi connectivity index (χ3v) is 3.05. The Kier molecular flexibility index (Phi) is 5.02. The third-order valence-electron chi connectivity index (χ3n) is 3.05. The monoisotopic (exact) mass is 253 g/mol. The molecular formula is C13H27N5. The lowest BCUT2D eigenvalue weighted by Crippen LogP contribution is -2.26. The molecule has 0 fully saturated rings. The largest absolute Gasteiger partial charge is 0.394 e. The molecule has 0 aliphatic heterocycles. The molecule has 0 atom stereocenters. The van der Waals surface area contributed by atoms with Crippen molar-refractivity contribution in [3.05, 3.63) is 5.69 Å². The van der Waals surface area contributed by atoms with Crippen molar-refractivity contribution < 1.29 is 0 Å². The fourth-order valence-corrected chi connectivity index (χ4v) is 2.02. The minimum absolute atomic E-state index is 0.326. The Hall–Kier alpha value is -1.23. The molecule has 5 heteroatoms. The standard InChI is InChI=1S/C13H27N5/c1-10(2)18-13(12(14)11(3)15-18)17(6)9-7-8-16(4)5/h10H,7-9,14H2,1-6H3. The van der Waals surface area contributed by atoms with Gasteiger partial charge in [-0.25, -0.2) is 4.68 Å². The summed E-state index contributed by atoms with van der Waals surface area (Å²) < 4.78 is 2.01. The van der Waals surface area contributed by atoms with Gasteiger partial charge in [0.1, 0.15) is 0 Å². The van der Waals surface area contributed by atoms with Gasteiger partial charge < -0.3 is 15.5 Å². The van der Waals surface area contributed by atoms with E-state index in [1.807, 2.05) is 11.6 Å². The van der Waals surface area contributed by atoms with Crippen LogP contribution in [-0.4, -0.2) is 48.9 Å². The number of nitrogens with two attached hydrogens (primary N) is 1. The summed E-state index contributed by atoms with van der Waals surface area (Å²) in [6, 6.07) is 0.326. The molecule has 5 nitrogen and oxygen atoms in total. The van der Waals surface area contributed by atoms with Gasteiger partial charge in [0.05, 0.1) is 11.4 Å². The Labute approximate surface area is 111 Å². The first kappa shape index (κ1) is 14.8. The number of nitrogens with zero attached hydrogens (tertiary/aromatic N) is 4. The third kappa shape index (κ3) is 3.38. The molecule has 1 aromatic heterocycles. The predicted molar refractivity (Wildman–Crippen MR) is 78.2 cm³/mol. The molecule has 0 amide bonds. The summed E-state index contributed by atoms with van der Waals surface area (Å²) in [5, 5.41) is 4.51. The maximum atomic E-state index is 6.14. The van der Waals surface area contributed by atoms with E-state index in [4.69, 9.17) is 5.73 Å². The van der Waals surface area contributed by atoms with E-state index in [2.05, 4.69) is 49.9 Å². The van der Waals surface area contributed by atoms with Crippen LogP contribution in [0.5, 0.6) is 0 Å². The maximum absolute atomic E-state index is 6.14. The number of hydrogen-bond acceptors (Lipinski definition) is 4. The highest BCUT2D eigenvalue weighted by Gasteiger charge is 2.17. The number of aromatic nitrogens is 2. The highest BCUT2D eigenvalue weighted by atomic mass is 15.4. The second kappa shape index (κ2) is 6.09. The molecule has 1 aromatic rings. The van der Waals surface area contributed by atoms with Crippen LogP contribution in [0.3, 0.4) is 0 Å². The van der Waals surface area contributed by atoms with Crippen molar-refractivity contribution in [2.24, 2.45) is 0 Å². The van der Waals surface area contributed by atoms with Crippen LogP contribution in [0.25, 0.3) is 0 Å². The van der Waals surface area contributed by atoms with Crippen molar-refractivity contribution >= 4 is 11.5 Å². The lowest BCUT2D eigenvalue weighted by atomic mass is 10.3. The van der Waals surface area contributed by atoms with Crippen LogP contribution in [0.2, 0.25) is 0 Å². The fraction of sp³-hybridized carbons (Fsp3) is 0.769. The number of anilines is 2. The maximum Gasteiger partial charge on any atom is 0.150 e. The van der Waals surface area contributed by atoms with E-state index in [0.717, 1.165) is 36.7 Å². The summed E-state index contributed by atoms with van der Waals surface area (Å²) in [4.78, 5) is 4.40. The molecule has 0 saturated heterocycles. The Morgan fingerprint density at radius 2 is 1.83 bits per heavy atom. The quantitative estimate of drug-likeness (QED) is 0.839. The molecule has 0 aliphatic rings. The Morgan fingerprint density at radius 1 is 1.22 bits per heavy atom. The normalized spacial score (nSPS) is 11.6. The van der Waals surface area contributed by atoms with Crippen LogP contribution < -0.4 is 10.6 Å². The summed E-state index contributed by atoms with van der Waals surface area (Å²) in [6.07, 6.45) is 1.12. The van der Waals surface area contributed by atoms with Crippen LogP contribution in [-0.2, 0) is 0 Å². The Balaban J connectivity index is 2.80. The van der Waals surface area contributed by atoms with Crippen LogP contribution in [0.4, 0.5) is 11.5 Å². The molecule has 0 aliphatic carbocycles. The highest BCUT2D eigenvalue weighted by Crippen LogP contribution is 2.28. The van der Waals surface area contributed by atoms with E-state index in [1.54, 1.807) is 0 Å². The SMILES string of the molecule is Cc1nn(C(C)C)c(N(C)CCCN(C)C)c1N. The van der Waals surface area contributed by atoms with E-state index >= 15 is 0 Å². The summed E-state index contributed by atoms with van der Waals surface area (Å²) in [5.41, 5.74) is 7.86. The number of nitrogen functional groups attached to an aromatic ring is 1. The first-order valence-corrected chi connectivity index (χ1v) is 6.55. The van der Waals surface area contributed by atoms with E-state index in [1.165, 1.54) is 0 Å². The van der Waals surface area contributed by atoms with E-state index in [0.29, 0.717) is 6.04 Å². The van der Waals surface area contributed by atoms with E-state index in [9.17, 15) is 0 Å². The van der Waals surface area contributed by atoms with Crippen molar-refractivity contribution in [2.45, 2.75) is 33.2 Å². The molecule has 18 heavy (non-hydrogen) atoms. The van der Waals surface area contributed by atoms with Gasteiger partial charge in [-0.05, 0) is 47.8 Å². The Bertz CT molecular complexity index is 381. The first-order valence-electron chi connectivity index (χ1n) is 6.55. The molecule has 0 aromatic carbocycles. The predicted octanol–water partition coefficient (Wildman–Crippen LogP) is 1.74. The van der Waals surface area contributed by atoms with Gasteiger partial charge in [-0.15, -0.1) is 0 Å². The topological polar surface area (TPSA) is 50.3 Å². The van der Waals surface area contributed by atoms with Crippen LogP contribution >= 0.6 is 0 Å². The van der Waals surface area contributed by atoms with Gasteiger partial charge in [-0.2, -0.15) is 5.10 Å². The molecular weight excluding hydrogens is 226 g/mol. The number of hydrogen-bond donors (Lipinski definition) is 1. The van der Waals surface area contributed by atoms with E-state index in [-0.39, 0.29) is 0 Å². The average Bonchev–Trinajstić information content (AvgIpc) is 2.55. The molecule has 0 spiro atoms. The van der Waals surface area contributed by atoms with Crippen molar-refractivity contribution in [2.75, 3.05) is 44.9 Å². The lowest BCUT2D eigenvalue weighted by molar-refractivity contribution is 0.400. The van der Waals surface area contributed by atoms with Crippen molar-refractivity contribution in [3.63, 3.8) is 0 Å². The average molecular weight is 253 g/mol. The zero-order valence-corrected chi connectivity index (χ0v) is 12.6. The second-order valence-corrected chi connectivity index (χ2v) is 5.44. The summed E-state index contributed by atoms with van der Waals surface area (Å²) in [7, 11) is 6.27. The Morgan fingerprint density at radius 3 is 2.33 bits per heavy atom. The zero-order chi connectivity index (χ0) is 13.9. The fourth-order valence-electron chi connectivity index (χ4n) is 2.02. The van der Waals surface area contributed by atoms with Crippen molar-refractivity contribution in [3.8, 4) is 0 Å². The highest BCUT2D eigenvalue weighted by molar-refractivity contribution is 5.66. The van der Waals surface area contributed by atoms with Crippen LogP contribution in [0.1, 0.15) is 32.0 Å². The molecule has 0 radical (unpaired) electrons. The van der Waals surface area contributed by atoms with Gasteiger partial charge in [0, 0.05) is 19.6 Å². The lowest BCUT2D eigenvalue weighted by Gasteiger charge is -2.23. The van der Waals surface area contributed by atoms with Crippen LogP contribution in [0, 0.1) is 6.92 Å². The molecule has 0 saturated carbocycles. The smallest absolute Gasteiger partial charge is 0.150 e. The molecule has 1 heterocycles. The summed E-state index contributed by atoms with van der Waals surface area (Å²) >= 11 is 0. The molecule has 1 rings (SSSR count). The summed E-state index contributed by atoms with van der Waals surface area (Å²) in [6.45, 7) is 8.29.